The number of hydrogen-bond donors (Lipinski definition) is 2. The largest absolute Gasteiger partial charge is 0.398 e. The first-order chi connectivity index (χ1) is 9.37. The van der Waals surface area contributed by atoms with Crippen LogP contribution >= 0.6 is 0 Å². The van der Waals surface area contributed by atoms with Gasteiger partial charge in [-0.15, -0.1) is 0 Å². The van der Waals surface area contributed by atoms with Crippen molar-refractivity contribution in [3.05, 3.63) is 29.3 Å². The lowest BCUT2D eigenvalue weighted by Crippen LogP contribution is -2.34. The molecule has 0 fully saturated rings. The Bertz CT molecular complexity index is 432. The molecule has 0 spiro atoms. The molecule has 0 aliphatic rings. The molecule has 112 valence electrons. The first-order valence-electron chi connectivity index (χ1n) is 7.50. The van der Waals surface area contributed by atoms with E-state index in [0.717, 1.165) is 12.0 Å². The topological polar surface area (TPSA) is 55.1 Å². The van der Waals surface area contributed by atoms with Crippen LogP contribution in [0.25, 0.3) is 0 Å². The molecule has 1 aromatic rings. The Labute approximate surface area is 122 Å². The predicted molar refractivity (Wildman–Crippen MR) is 85.8 cm³/mol. The standard InChI is InChI=1S/C17H28N2O/c1-5-6-7-11-17(3,4)12-19-16(20)15-13(2)9-8-10-14(15)18/h8-10H,5-7,11-12,18H2,1-4H3,(H,19,20). The van der Waals surface area contributed by atoms with E-state index in [1.807, 2.05) is 19.1 Å². The van der Waals surface area contributed by atoms with Crippen molar-refractivity contribution in [1.82, 2.24) is 5.32 Å². The Balaban J connectivity index is 2.59. The summed E-state index contributed by atoms with van der Waals surface area (Å²) in [5, 5.41) is 3.03. The molecule has 20 heavy (non-hydrogen) atoms. The molecule has 0 saturated carbocycles. The Morgan fingerprint density at radius 2 is 2.00 bits per heavy atom. The summed E-state index contributed by atoms with van der Waals surface area (Å²) in [6, 6.07) is 5.56. The van der Waals surface area contributed by atoms with Crippen molar-refractivity contribution in [2.24, 2.45) is 5.41 Å². The molecule has 0 aliphatic carbocycles. The molecule has 1 amide bonds. The highest BCUT2D eigenvalue weighted by Crippen LogP contribution is 2.23. The molecule has 0 saturated heterocycles. The van der Waals surface area contributed by atoms with Gasteiger partial charge in [0.05, 0.1) is 5.56 Å². The summed E-state index contributed by atoms with van der Waals surface area (Å²) in [6.45, 7) is 9.20. The van der Waals surface area contributed by atoms with Crippen LogP contribution in [-0.4, -0.2) is 12.5 Å². The van der Waals surface area contributed by atoms with Crippen molar-refractivity contribution < 1.29 is 4.79 Å². The van der Waals surface area contributed by atoms with Crippen LogP contribution in [-0.2, 0) is 0 Å². The predicted octanol–water partition coefficient (Wildman–Crippen LogP) is 3.91. The van der Waals surface area contributed by atoms with Crippen molar-refractivity contribution in [3.8, 4) is 0 Å². The monoisotopic (exact) mass is 276 g/mol. The van der Waals surface area contributed by atoms with Crippen LogP contribution in [0.15, 0.2) is 18.2 Å². The number of nitrogens with two attached hydrogens (primary N) is 1. The van der Waals surface area contributed by atoms with Gasteiger partial charge in [-0.2, -0.15) is 0 Å². The molecule has 3 nitrogen and oxygen atoms in total. The van der Waals surface area contributed by atoms with E-state index in [1.54, 1.807) is 6.07 Å². The van der Waals surface area contributed by atoms with Gasteiger partial charge in [0.25, 0.3) is 5.91 Å². The maximum atomic E-state index is 12.3. The molecule has 0 heterocycles. The molecule has 3 heteroatoms. The molecular formula is C17H28N2O. The zero-order valence-electron chi connectivity index (χ0n) is 13.3. The summed E-state index contributed by atoms with van der Waals surface area (Å²) in [6.07, 6.45) is 4.82. The highest BCUT2D eigenvalue weighted by atomic mass is 16.1. The zero-order chi connectivity index (χ0) is 15.2. The van der Waals surface area contributed by atoms with Gasteiger partial charge in [-0.05, 0) is 30.4 Å². The van der Waals surface area contributed by atoms with Crippen molar-refractivity contribution in [2.75, 3.05) is 12.3 Å². The van der Waals surface area contributed by atoms with E-state index in [-0.39, 0.29) is 11.3 Å². The molecule has 1 aromatic carbocycles. The number of unbranched alkanes of at least 4 members (excludes halogenated alkanes) is 2. The lowest BCUT2D eigenvalue weighted by Gasteiger charge is -2.25. The lowest BCUT2D eigenvalue weighted by atomic mass is 9.86. The van der Waals surface area contributed by atoms with E-state index < -0.39 is 0 Å². The minimum atomic E-state index is -0.0656. The van der Waals surface area contributed by atoms with Crippen LogP contribution in [0.1, 0.15) is 62.4 Å². The van der Waals surface area contributed by atoms with Gasteiger partial charge >= 0.3 is 0 Å². The van der Waals surface area contributed by atoms with Crippen LogP contribution < -0.4 is 11.1 Å². The fourth-order valence-corrected chi connectivity index (χ4v) is 2.35. The van der Waals surface area contributed by atoms with Gasteiger partial charge in [0.2, 0.25) is 0 Å². The van der Waals surface area contributed by atoms with Crippen LogP contribution in [0.4, 0.5) is 5.69 Å². The van der Waals surface area contributed by atoms with Gasteiger partial charge < -0.3 is 11.1 Å². The number of carbonyl (C=O) groups excluding carboxylic acids is 1. The van der Waals surface area contributed by atoms with Gasteiger partial charge in [0.1, 0.15) is 0 Å². The average Bonchev–Trinajstić information content (AvgIpc) is 2.36. The fourth-order valence-electron chi connectivity index (χ4n) is 2.35. The number of nitrogens with one attached hydrogen (secondary N) is 1. The number of aryl methyl sites for hydroxylation is 1. The fraction of sp³-hybridized carbons (Fsp3) is 0.588. The zero-order valence-corrected chi connectivity index (χ0v) is 13.3. The molecule has 0 unspecified atom stereocenters. The molecule has 3 N–H and O–H groups in total. The third kappa shape index (κ3) is 4.87. The summed E-state index contributed by atoms with van der Waals surface area (Å²) in [5.41, 5.74) is 8.10. The van der Waals surface area contributed by atoms with Crippen LogP contribution in [0.3, 0.4) is 0 Å². The molecule has 0 aromatic heterocycles. The Hall–Kier alpha value is -1.51. The van der Waals surface area contributed by atoms with E-state index in [1.165, 1.54) is 19.3 Å². The Morgan fingerprint density at radius 1 is 1.30 bits per heavy atom. The number of hydrogen-bond acceptors (Lipinski definition) is 2. The normalized spacial score (nSPS) is 11.4. The average molecular weight is 276 g/mol. The molecular weight excluding hydrogens is 248 g/mol. The third-order valence-electron chi connectivity index (χ3n) is 3.72. The highest BCUT2D eigenvalue weighted by molar-refractivity contribution is 6.00. The SMILES string of the molecule is CCCCCC(C)(C)CNC(=O)c1c(C)cccc1N. The lowest BCUT2D eigenvalue weighted by molar-refractivity contribution is 0.0934. The second-order valence-electron chi connectivity index (χ2n) is 6.34. The first-order valence-corrected chi connectivity index (χ1v) is 7.50. The van der Waals surface area contributed by atoms with Crippen LogP contribution in [0.2, 0.25) is 0 Å². The van der Waals surface area contributed by atoms with Crippen molar-refractivity contribution in [1.29, 1.82) is 0 Å². The van der Waals surface area contributed by atoms with E-state index in [4.69, 9.17) is 5.73 Å². The summed E-state index contributed by atoms with van der Waals surface area (Å²) in [4.78, 5) is 12.3. The quantitative estimate of drug-likeness (QED) is 0.586. The maximum Gasteiger partial charge on any atom is 0.253 e. The number of nitrogen functional groups attached to an aromatic ring is 1. The van der Waals surface area contributed by atoms with E-state index in [0.29, 0.717) is 17.8 Å². The van der Waals surface area contributed by atoms with Gasteiger partial charge in [0.15, 0.2) is 0 Å². The van der Waals surface area contributed by atoms with E-state index in [2.05, 4.69) is 26.1 Å². The highest BCUT2D eigenvalue weighted by Gasteiger charge is 2.20. The minimum absolute atomic E-state index is 0.0656. The number of amides is 1. The Morgan fingerprint density at radius 3 is 2.60 bits per heavy atom. The molecule has 0 atom stereocenters. The smallest absolute Gasteiger partial charge is 0.253 e. The van der Waals surface area contributed by atoms with E-state index in [9.17, 15) is 4.79 Å². The molecule has 0 bridgehead atoms. The van der Waals surface area contributed by atoms with Crippen molar-refractivity contribution >= 4 is 11.6 Å². The van der Waals surface area contributed by atoms with Gasteiger partial charge in [-0.1, -0.05) is 52.2 Å². The molecule has 0 radical (unpaired) electrons. The van der Waals surface area contributed by atoms with Crippen molar-refractivity contribution in [3.63, 3.8) is 0 Å². The van der Waals surface area contributed by atoms with Crippen molar-refractivity contribution in [2.45, 2.75) is 53.4 Å². The summed E-state index contributed by atoms with van der Waals surface area (Å²) in [5.74, 6) is -0.0656. The summed E-state index contributed by atoms with van der Waals surface area (Å²) >= 11 is 0. The molecule has 1 rings (SSSR count). The van der Waals surface area contributed by atoms with Gasteiger partial charge in [0, 0.05) is 12.2 Å². The number of rotatable bonds is 7. The summed E-state index contributed by atoms with van der Waals surface area (Å²) < 4.78 is 0. The maximum absolute atomic E-state index is 12.3. The minimum Gasteiger partial charge on any atom is -0.398 e. The Kier molecular flexibility index (Phi) is 6.05. The number of carbonyl (C=O) groups is 1. The first kappa shape index (κ1) is 16.5. The number of anilines is 1. The van der Waals surface area contributed by atoms with E-state index >= 15 is 0 Å². The van der Waals surface area contributed by atoms with Gasteiger partial charge in [-0.25, -0.2) is 0 Å². The van der Waals surface area contributed by atoms with Crippen LogP contribution in [0, 0.1) is 12.3 Å². The number of benzene rings is 1. The second kappa shape index (κ2) is 7.32. The second-order valence-corrected chi connectivity index (χ2v) is 6.34. The third-order valence-corrected chi connectivity index (χ3v) is 3.72. The summed E-state index contributed by atoms with van der Waals surface area (Å²) in [7, 11) is 0. The molecule has 0 aliphatic heterocycles. The van der Waals surface area contributed by atoms with Crippen LogP contribution in [0.5, 0.6) is 0 Å². The van der Waals surface area contributed by atoms with Gasteiger partial charge in [-0.3, -0.25) is 4.79 Å².